The number of hydrogen-bond acceptors (Lipinski definition) is 1. The summed E-state index contributed by atoms with van der Waals surface area (Å²) in [5.41, 5.74) is 6.16. The zero-order valence-electron chi connectivity index (χ0n) is 10.6. The summed E-state index contributed by atoms with van der Waals surface area (Å²) in [4.78, 5) is 4.79. The highest BCUT2D eigenvalue weighted by Gasteiger charge is 2.21. The van der Waals surface area contributed by atoms with Crippen LogP contribution in [0.5, 0.6) is 0 Å². The van der Waals surface area contributed by atoms with E-state index in [2.05, 4.69) is 6.92 Å². The molecule has 0 heterocycles. The molecule has 2 fully saturated rings. The van der Waals surface area contributed by atoms with Gasteiger partial charge in [0.15, 0.2) is 0 Å². The maximum Gasteiger partial charge on any atom is 0.0971 e. The quantitative estimate of drug-likeness (QED) is 0.563. The third-order valence-electron chi connectivity index (χ3n) is 4.34. The fourth-order valence-electron chi connectivity index (χ4n) is 3.09. The van der Waals surface area contributed by atoms with Gasteiger partial charge in [0, 0.05) is 5.92 Å². The summed E-state index contributed by atoms with van der Waals surface area (Å²) in [5.74, 6) is 2.48. The molecule has 0 radical (unpaired) electrons. The third kappa shape index (κ3) is 3.23. The summed E-state index contributed by atoms with van der Waals surface area (Å²) in [6.45, 7) is 2.35. The molecule has 0 spiro atoms. The van der Waals surface area contributed by atoms with Crippen LogP contribution in [0, 0.1) is 11.8 Å². The van der Waals surface area contributed by atoms with Crippen molar-refractivity contribution in [2.45, 2.75) is 70.8 Å². The Labute approximate surface area is 99.7 Å². The summed E-state index contributed by atoms with van der Waals surface area (Å²) >= 11 is 0. The van der Waals surface area contributed by atoms with Crippen molar-refractivity contribution in [1.29, 1.82) is 0 Å². The smallest absolute Gasteiger partial charge is 0.0971 e. The Balaban J connectivity index is 1.85. The van der Waals surface area contributed by atoms with Crippen LogP contribution < -0.4 is 5.73 Å². The van der Waals surface area contributed by atoms with E-state index in [0.29, 0.717) is 12.0 Å². The molecular weight excluding hydrogens is 196 g/mol. The lowest BCUT2D eigenvalue weighted by molar-refractivity contribution is 0.346. The first-order chi connectivity index (χ1) is 7.75. The maximum absolute atomic E-state index is 6.16. The number of nitrogens with two attached hydrogens (primary N) is 1. The van der Waals surface area contributed by atoms with Crippen molar-refractivity contribution in [3.8, 4) is 0 Å². The van der Waals surface area contributed by atoms with Crippen LogP contribution in [0.1, 0.15) is 64.7 Å². The SMILES string of the molecule is CC1CCC(N=C(N)C2CCCCC2)CC1. The summed E-state index contributed by atoms with van der Waals surface area (Å²) in [6.07, 6.45) is 11.8. The van der Waals surface area contributed by atoms with E-state index in [0.717, 1.165) is 11.8 Å². The molecule has 92 valence electrons. The largest absolute Gasteiger partial charge is 0.387 e. The van der Waals surface area contributed by atoms with E-state index in [1.807, 2.05) is 0 Å². The Bertz CT molecular complexity index is 233. The van der Waals surface area contributed by atoms with Crippen molar-refractivity contribution in [2.24, 2.45) is 22.6 Å². The summed E-state index contributed by atoms with van der Waals surface area (Å²) < 4.78 is 0. The van der Waals surface area contributed by atoms with Gasteiger partial charge >= 0.3 is 0 Å². The Morgan fingerprint density at radius 1 is 0.938 bits per heavy atom. The third-order valence-corrected chi connectivity index (χ3v) is 4.34. The minimum absolute atomic E-state index is 0.540. The molecule has 0 aromatic rings. The number of nitrogens with zero attached hydrogens (tertiary/aromatic N) is 1. The Morgan fingerprint density at radius 2 is 1.56 bits per heavy atom. The van der Waals surface area contributed by atoms with Gasteiger partial charge in [-0.2, -0.15) is 0 Å². The van der Waals surface area contributed by atoms with E-state index in [1.165, 1.54) is 57.8 Å². The van der Waals surface area contributed by atoms with Crippen molar-refractivity contribution in [3.05, 3.63) is 0 Å². The Morgan fingerprint density at radius 3 is 2.19 bits per heavy atom. The van der Waals surface area contributed by atoms with Crippen LogP contribution in [0.4, 0.5) is 0 Å². The zero-order valence-corrected chi connectivity index (χ0v) is 10.6. The van der Waals surface area contributed by atoms with Crippen LogP contribution in [0.15, 0.2) is 4.99 Å². The van der Waals surface area contributed by atoms with Gasteiger partial charge in [-0.3, -0.25) is 4.99 Å². The van der Waals surface area contributed by atoms with Gasteiger partial charge in [-0.15, -0.1) is 0 Å². The molecule has 2 rings (SSSR count). The number of hydrogen-bond donors (Lipinski definition) is 1. The average Bonchev–Trinajstić information content (AvgIpc) is 2.33. The molecule has 0 unspecified atom stereocenters. The lowest BCUT2D eigenvalue weighted by Crippen LogP contribution is -2.28. The van der Waals surface area contributed by atoms with E-state index in [9.17, 15) is 0 Å². The summed E-state index contributed by atoms with van der Waals surface area (Å²) in [7, 11) is 0. The van der Waals surface area contributed by atoms with Crippen LogP contribution in [0.25, 0.3) is 0 Å². The molecule has 2 aliphatic rings. The highest BCUT2D eigenvalue weighted by atomic mass is 14.9. The van der Waals surface area contributed by atoms with Gasteiger partial charge in [-0.1, -0.05) is 26.2 Å². The van der Waals surface area contributed by atoms with E-state index in [-0.39, 0.29) is 0 Å². The van der Waals surface area contributed by atoms with Gasteiger partial charge in [0.2, 0.25) is 0 Å². The molecule has 16 heavy (non-hydrogen) atoms. The lowest BCUT2D eigenvalue weighted by Gasteiger charge is -2.26. The summed E-state index contributed by atoms with van der Waals surface area (Å²) in [5, 5.41) is 0. The van der Waals surface area contributed by atoms with Gasteiger partial charge in [0.25, 0.3) is 0 Å². The molecule has 0 aromatic heterocycles. The fraction of sp³-hybridized carbons (Fsp3) is 0.929. The van der Waals surface area contributed by atoms with Gasteiger partial charge < -0.3 is 5.73 Å². The van der Waals surface area contributed by atoms with E-state index in [4.69, 9.17) is 10.7 Å². The second kappa shape index (κ2) is 5.70. The fourth-order valence-corrected chi connectivity index (χ4v) is 3.09. The Hall–Kier alpha value is -0.530. The van der Waals surface area contributed by atoms with Crippen LogP contribution in [0.2, 0.25) is 0 Å². The minimum Gasteiger partial charge on any atom is -0.387 e. The molecule has 2 N–H and O–H groups in total. The van der Waals surface area contributed by atoms with E-state index >= 15 is 0 Å². The van der Waals surface area contributed by atoms with Crippen molar-refractivity contribution in [3.63, 3.8) is 0 Å². The second-order valence-electron chi connectivity index (χ2n) is 5.80. The van der Waals surface area contributed by atoms with E-state index in [1.54, 1.807) is 0 Å². The molecule has 2 heteroatoms. The topological polar surface area (TPSA) is 38.4 Å². The first-order valence-corrected chi connectivity index (χ1v) is 7.09. The zero-order chi connectivity index (χ0) is 11.4. The monoisotopic (exact) mass is 222 g/mol. The molecule has 0 saturated heterocycles. The average molecular weight is 222 g/mol. The normalized spacial score (nSPS) is 33.9. The molecule has 0 aromatic carbocycles. The number of amidine groups is 1. The standard InChI is InChI=1S/C14H26N2/c1-11-7-9-13(10-8-11)16-14(15)12-5-3-2-4-6-12/h11-13H,2-10H2,1H3,(H2,15,16). The molecule has 0 amide bonds. The minimum atomic E-state index is 0.540. The van der Waals surface area contributed by atoms with Crippen molar-refractivity contribution >= 4 is 5.84 Å². The lowest BCUT2D eigenvalue weighted by atomic mass is 9.86. The first-order valence-electron chi connectivity index (χ1n) is 7.09. The predicted octanol–water partition coefficient (Wildman–Crippen LogP) is 3.50. The highest BCUT2D eigenvalue weighted by molar-refractivity contribution is 5.83. The number of aliphatic imine (C=N–C) groups is 1. The summed E-state index contributed by atoms with van der Waals surface area (Å²) in [6, 6.07) is 0.540. The molecule has 0 aliphatic heterocycles. The highest BCUT2D eigenvalue weighted by Crippen LogP contribution is 2.28. The molecule has 2 saturated carbocycles. The van der Waals surface area contributed by atoms with Crippen LogP contribution >= 0.6 is 0 Å². The Kier molecular flexibility index (Phi) is 4.25. The van der Waals surface area contributed by atoms with Crippen molar-refractivity contribution in [1.82, 2.24) is 0 Å². The van der Waals surface area contributed by atoms with E-state index < -0.39 is 0 Å². The molecule has 2 nitrogen and oxygen atoms in total. The van der Waals surface area contributed by atoms with Crippen molar-refractivity contribution < 1.29 is 0 Å². The van der Waals surface area contributed by atoms with Gasteiger partial charge in [-0.05, 0) is 44.4 Å². The first kappa shape index (κ1) is 11.9. The molecular formula is C14H26N2. The number of rotatable bonds is 2. The van der Waals surface area contributed by atoms with Crippen LogP contribution in [0.3, 0.4) is 0 Å². The van der Waals surface area contributed by atoms with Crippen LogP contribution in [-0.2, 0) is 0 Å². The molecule has 0 bridgehead atoms. The van der Waals surface area contributed by atoms with Crippen molar-refractivity contribution in [2.75, 3.05) is 0 Å². The van der Waals surface area contributed by atoms with Gasteiger partial charge in [0.1, 0.15) is 0 Å². The van der Waals surface area contributed by atoms with Crippen LogP contribution in [-0.4, -0.2) is 11.9 Å². The molecule has 2 aliphatic carbocycles. The maximum atomic E-state index is 6.16. The van der Waals surface area contributed by atoms with Gasteiger partial charge in [-0.25, -0.2) is 0 Å². The predicted molar refractivity (Wildman–Crippen MR) is 69.6 cm³/mol. The second-order valence-corrected chi connectivity index (χ2v) is 5.80. The van der Waals surface area contributed by atoms with Gasteiger partial charge in [0.05, 0.1) is 11.9 Å². The molecule has 0 atom stereocenters.